The predicted octanol–water partition coefficient (Wildman–Crippen LogP) is 1.60. The second-order valence-corrected chi connectivity index (χ2v) is 3.52. The number of carbonyl (C=O) groups is 1. The van der Waals surface area contributed by atoms with Crippen LogP contribution in [-0.2, 0) is 4.79 Å². The van der Waals surface area contributed by atoms with Crippen LogP contribution in [0.2, 0.25) is 0 Å². The SMILES string of the molecule is CCN(C(=O)CCCCO)c1ccncc1. The minimum Gasteiger partial charge on any atom is -0.396 e. The van der Waals surface area contributed by atoms with Crippen molar-refractivity contribution < 1.29 is 9.90 Å². The Labute approximate surface area is 95.9 Å². The number of carbonyl (C=O) groups excluding carboxylic acids is 1. The van der Waals surface area contributed by atoms with Crippen LogP contribution in [0.15, 0.2) is 24.5 Å². The molecule has 1 rings (SSSR count). The first-order valence-corrected chi connectivity index (χ1v) is 5.60. The number of aliphatic hydroxyl groups is 1. The van der Waals surface area contributed by atoms with Gasteiger partial charge in [-0.05, 0) is 31.9 Å². The van der Waals surface area contributed by atoms with Crippen LogP contribution in [0.25, 0.3) is 0 Å². The van der Waals surface area contributed by atoms with E-state index in [1.807, 2.05) is 19.1 Å². The summed E-state index contributed by atoms with van der Waals surface area (Å²) in [6.07, 6.45) is 5.26. The highest BCUT2D eigenvalue weighted by Crippen LogP contribution is 2.13. The summed E-state index contributed by atoms with van der Waals surface area (Å²) >= 11 is 0. The predicted molar refractivity (Wildman–Crippen MR) is 63.2 cm³/mol. The van der Waals surface area contributed by atoms with Gasteiger partial charge in [0.1, 0.15) is 0 Å². The molecule has 0 aliphatic carbocycles. The van der Waals surface area contributed by atoms with Crippen molar-refractivity contribution in [1.29, 1.82) is 0 Å². The zero-order chi connectivity index (χ0) is 11.8. The number of aromatic nitrogens is 1. The molecule has 1 aromatic heterocycles. The third-order valence-electron chi connectivity index (χ3n) is 2.39. The zero-order valence-corrected chi connectivity index (χ0v) is 9.59. The van der Waals surface area contributed by atoms with Crippen LogP contribution in [-0.4, -0.2) is 29.1 Å². The monoisotopic (exact) mass is 222 g/mol. The Balaban J connectivity index is 2.57. The van der Waals surface area contributed by atoms with Crippen molar-refractivity contribution >= 4 is 11.6 Å². The number of hydrogen-bond donors (Lipinski definition) is 1. The highest BCUT2D eigenvalue weighted by Gasteiger charge is 2.12. The number of unbranched alkanes of at least 4 members (excludes halogenated alkanes) is 1. The van der Waals surface area contributed by atoms with E-state index in [4.69, 9.17) is 5.11 Å². The number of anilines is 1. The molecule has 1 heterocycles. The van der Waals surface area contributed by atoms with Gasteiger partial charge in [0.25, 0.3) is 0 Å². The average molecular weight is 222 g/mol. The van der Waals surface area contributed by atoms with E-state index in [-0.39, 0.29) is 12.5 Å². The molecule has 0 saturated heterocycles. The van der Waals surface area contributed by atoms with Gasteiger partial charge in [-0.3, -0.25) is 9.78 Å². The molecule has 1 aromatic rings. The largest absolute Gasteiger partial charge is 0.396 e. The van der Waals surface area contributed by atoms with E-state index in [0.29, 0.717) is 19.4 Å². The summed E-state index contributed by atoms with van der Waals surface area (Å²) < 4.78 is 0. The summed E-state index contributed by atoms with van der Waals surface area (Å²) in [4.78, 5) is 17.5. The molecule has 88 valence electrons. The van der Waals surface area contributed by atoms with Gasteiger partial charge in [-0.1, -0.05) is 0 Å². The molecular weight excluding hydrogens is 204 g/mol. The second-order valence-electron chi connectivity index (χ2n) is 3.52. The summed E-state index contributed by atoms with van der Waals surface area (Å²) in [6.45, 7) is 2.75. The molecule has 16 heavy (non-hydrogen) atoms. The lowest BCUT2D eigenvalue weighted by Gasteiger charge is -2.20. The van der Waals surface area contributed by atoms with Crippen molar-refractivity contribution in [2.24, 2.45) is 0 Å². The first-order chi connectivity index (χ1) is 7.79. The highest BCUT2D eigenvalue weighted by molar-refractivity contribution is 5.93. The Morgan fingerprint density at radius 2 is 2.06 bits per heavy atom. The molecule has 0 atom stereocenters. The summed E-state index contributed by atoms with van der Waals surface area (Å²) in [7, 11) is 0. The van der Waals surface area contributed by atoms with Crippen LogP contribution in [0.1, 0.15) is 26.2 Å². The topological polar surface area (TPSA) is 53.4 Å². The van der Waals surface area contributed by atoms with Gasteiger partial charge in [0, 0.05) is 37.7 Å². The van der Waals surface area contributed by atoms with Crippen LogP contribution in [0.4, 0.5) is 5.69 Å². The van der Waals surface area contributed by atoms with Gasteiger partial charge in [-0.15, -0.1) is 0 Å². The standard InChI is InChI=1S/C12H18N2O2/c1-2-14(11-6-8-13-9-7-11)12(16)5-3-4-10-15/h6-9,15H,2-5,10H2,1H3. The lowest BCUT2D eigenvalue weighted by molar-refractivity contribution is -0.118. The number of rotatable bonds is 6. The fourth-order valence-corrected chi connectivity index (χ4v) is 1.55. The molecule has 4 nitrogen and oxygen atoms in total. The first kappa shape index (κ1) is 12.6. The highest BCUT2D eigenvalue weighted by atomic mass is 16.3. The smallest absolute Gasteiger partial charge is 0.226 e. The normalized spacial score (nSPS) is 10.1. The minimum absolute atomic E-state index is 0.0992. The third-order valence-corrected chi connectivity index (χ3v) is 2.39. The number of hydrogen-bond acceptors (Lipinski definition) is 3. The van der Waals surface area contributed by atoms with Gasteiger partial charge >= 0.3 is 0 Å². The molecule has 0 spiro atoms. The first-order valence-electron chi connectivity index (χ1n) is 5.60. The molecule has 0 fully saturated rings. The van der Waals surface area contributed by atoms with E-state index in [0.717, 1.165) is 12.1 Å². The quantitative estimate of drug-likeness (QED) is 0.744. The molecular formula is C12H18N2O2. The lowest BCUT2D eigenvalue weighted by atomic mass is 10.2. The Bertz CT molecular complexity index is 314. The van der Waals surface area contributed by atoms with E-state index in [9.17, 15) is 4.79 Å². The van der Waals surface area contributed by atoms with Crippen LogP contribution < -0.4 is 4.90 Å². The Morgan fingerprint density at radius 1 is 1.38 bits per heavy atom. The van der Waals surface area contributed by atoms with Crippen molar-refractivity contribution in [2.45, 2.75) is 26.2 Å². The van der Waals surface area contributed by atoms with Gasteiger partial charge in [0.2, 0.25) is 5.91 Å². The summed E-state index contributed by atoms with van der Waals surface area (Å²) in [5.41, 5.74) is 0.881. The molecule has 0 aliphatic rings. The van der Waals surface area contributed by atoms with Crippen LogP contribution in [0.5, 0.6) is 0 Å². The van der Waals surface area contributed by atoms with Gasteiger partial charge in [0.05, 0.1) is 0 Å². The maximum Gasteiger partial charge on any atom is 0.226 e. The fourth-order valence-electron chi connectivity index (χ4n) is 1.55. The van der Waals surface area contributed by atoms with E-state index in [1.165, 1.54) is 0 Å². The van der Waals surface area contributed by atoms with Gasteiger partial charge in [-0.2, -0.15) is 0 Å². The Kier molecular flexibility index (Phi) is 5.50. The van der Waals surface area contributed by atoms with Crippen molar-refractivity contribution in [1.82, 2.24) is 4.98 Å². The molecule has 1 N–H and O–H groups in total. The van der Waals surface area contributed by atoms with Gasteiger partial charge in [0.15, 0.2) is 0 Å². The molecule has 0 aliphatic heterocycles. The summed E-state index contributed by atoms with van der Waals surface area (Å²) in [5.74, 6) is 0.0992. The number of amides is 1. The van der Waals surface area contributed by atoms with Crippen LogP contribution >= 0.6 is 0 Å². The molecule has 4 heteroatoms. The molecule has 0 bridgehead atoms. The van der Waals surface area contributed by atoms with Crippen molar-refractivity contribution in [3.05, 3.63) is 24.5 Å². The van der Waals surface area contributed by atoms with Crippen LogP contribution in [0, 0.1) is 0 Å². The van der Waals surface area contributed by atoms with E-state index in [1.54, 1.807) is 17.3 Å². The number of nitrogens with zero attached hydrogens (tertiary/aromatic N) is 2. The molecule has 0 saturated carbocycles. The van der Waals surface area contributed by atoms with E-state index < -0.39 is 0 Å². The third kappa shape index (κ3) is 3.62. The Hall–Kier alpha value is -1.42. The van der Waals surface area contributed by atoms with Gasteiger partial charge < -0.3 is 10.0 Å². The van der Waals surface area contributed by atoms with Gasteiger partial charge in [-0.25, -0.2) is 0 Å². The van der Waals surface area contributed by atoms with Crippen LogP contribution in [0.3, 0.4) is 0 Å². The van der Waals surface area contributed by atoms with Crippen molar-refractivity contribution in [3.8, 4) is 0 Å². The molecule has 0 unspecified atom stereocenters. The molecule has 0 radical (unpaired) electrons. The summed E-state index contributed by atoms with van der Waals surface area (Å²) in [6, 6.07) is 3.65. The van der Waals surface area contributed by atoms with Crippen molar-refractivity contribution in [3.63, 3.8) is 0 Å². The summed E-state index contributed by atoms with van der Waals surface area (Å²) in [5, 5.41) is 8.66. The van der Waals surface area contributed by atoms with Crippen molar-refractivity contribution in [2.75, 3.05) is 18.1 Å². The van der Waals surface area contributed by atoms with E-state index >= 15 is 0 Å². The number of pyridine rings is 1. The molecule has 1 amide bonds. The lowest BCUT2D eigenvalue weighted by Crippen LogP contribution is -2.30. The maximum absolute atomic E-state index is 11.9. The Morgan fingerprint density at radius 3 is 2.62 bits per heavy atom. The fraction of sp³-hybridized carbons (Fsp3) is 0.500. The second kappa shape index (κ2) is 6.95. The average Bonchev–Trinajstić information content (AvgIpc) is 2.32. The molecule has 0 aromatic carbocycles. The number of aliphatic hydroxyl groups excluding tert-OH is 1. The minimum atomic E-state index is 0.0992. The van der Waals surface area contributed by atoms with E-state index in [2.05, 4.69) is 4.98 Å². The maximum atomic E-state index is 11.9. The zero-order valence-electron chi connectivity index (χ0n) is 9.59.